The van der Waals surface area contributed by atoms with Crippen molar-refractivity contribution in [3.63, 3.8) is 0 Å². The summed E-state index contributed by atoms with van der Waals surface area (Å²) in [5.74, 6) is 1.94. The number of benzene rings is 7. The van der Waals surface area contributed by atoms with E-state index in [0.29, 0.717) is 17.5 Å². The topological polar surface area (TPSA) is 51.8 Å². The van der Waals surface area contributed by atoms with Crippen LogP contribution in [0.4, 0.5) is 0 Å². The maximum Gasteiger partial charge on any atom is 0.164 e. The van der Waals surface area contributed by atoms with E-state index in [4.69, 9.17) is 19.4 Å². The summed E-state index contributed by atoms with van der Waals surface area (Å²) in [5, 5.41) is 6.93. The SMILES string of the molecule is c1ccc(-c2nc(-c3ccc(-c4cccc5cc6oc7ccccc7c6cc45)cc3)nc(-c3ccc4ccccc4c3)n2)cc1. The van der Waals surface area contributed by atoms with E-state index in [1.807, 2.05) is 42.5 Å². The fourth-order valence-corrected chi connectivity index (χ4v) is 6.23. The van der Waals surface area contributed by atoms with E-state index < -0.39 is 0 Å². The molecular formula is C41H25N3O. The van der Waals surface area contributed by atoms with Gasteiger partial charge in [-0.25, -0.2) is 15.0 Å². The van der Waals surface area contributed by atoms with Crippen LogP contribution in [-0.2, 0) is 0 Å². The van der Waals surface area contributed by atoms with Crippen molar-refractivity contribution in [2.75, 3.05) is 0 Å². The molecule has 0 fully saturated rings. The lowest BCUT2D eigenvalue weighted by molar-refractivity contribution is 0.669. The van der Waals surface area contributed by atoms with Crippen molar-refractivity contribution >= 4 is 43.5 Å². The fourth-order valence-electron chi connectivity index (χ4n) is 6.23. The standard InChI is InChI=1S/C41H25N3O/c1-2-10-28(11-3-1)39-42-40(44-41(43-39)32-22-17-26-9-4-5-12-30(26)23-32)29-20-18-27(19-21-29)33-15-8-13-31-24-38-36(25-35(31)33)34-14-6-7-16-37(34)45-38/h1-25H. The Bertz CT molecular complexity index is 2530. The van der Waals surface area contributed by atoms with E-state index in [1.165, 1.54) is 16.3 Å². The van der Waals surface area contributed by atoms with E-state index in [0.717, 1.165) is 55.0 Å². The van der Waals surface area contributed by atoms with Crippen molar-refractivity contribution in [3.05, 3.63) is 152 Å². The van der Waals surface area contributed by atoms with Gasteiger partial charge in [0.25, 0.3) is 0 Å². The van der Waals surface area contributed by atoms with Crippen LogP contribution < -0.4 is 0 Å². The summed E-state index contributed by atoms with van der Waals surface area (Å²) >= 11 is 0. The largest absolute Gasteiger partial charge is 0.456 e. The van der Waals surface area contributed by atoms with Crippen LogP contribution in [0, 0.1) is 0 Å². The second-order valence-corrected chi connectivity index (χ2v) is 11.3. The van der Waals surface area contributed by atoms with Crippen molar-refractivity contribution in [1.82, 2.24) is 15.0 Å². The highest BCUT2D eigenvalue weighted by molar-refractivity contribution is 6.12. The van der Waals surface area contributed by atoms with Gasteiger partial charge in [0, 0.05) is 27.5 Å². The highest BCUT2D eigenvalue weighted by Gasteiger charge is 2.14. The molecule has 4 nitrogen and oxygen atoms in total. The highest BCUT2D eigenvalue weighted by Crippen LogP contribution is 2.37. The molecule has 7 aromatic carbocycles. The molecule has 9 rings (SSSR count). The third-order valence-electron chi connectivity index (χ3n) is 8.51. The molecule has 2 aromatic heterocycles. The summed E-state index contributed by atoms with van der Waals surface area (Å²) in [7, 11) is 0. The van der Waals surface area contributed by atoms with E-state index in [-0.39, 0.29) is 0 Å². The third-order valence-corrected chi connectivity index (χ3v) is 8.51. The molecule has 2 heterocycles. The molecule has 210 valence electrons. The Morgan fingerprint density at radius 1 is 0.333 bits per heavy atom. The zero-order chi connectivity index (χ0) is 29.7. The fraction of sp³-hybridized carbons (Fsp3) is 0. The highest BCUT2D eigenvalue weighted by atomic mass is 16.3. The summed E-state index contributed by atoms with van der Waals surface area (Å²) in [6.07, 6.45) is 0. The second-order valence-electron chi connectivity index (χ2n) is 11.3. The molecule has 0 unspecified atom stereocenters. The lowest BCUT2D eigenvalue weighted by atomic mass is 9.96. The first kappa shape index (κ1) is 25.4. The number of rotatable bonds is 4. The van der Waals surface area contributed by atoms with Gasteiger partial charge in [-0.3, -0.25) is 0 Å². The predicted octanol–water partition coefficient (Wildman–Crippen LogP) is 10.7. The number of hydrogen-bond donors (Lipinski definition) is 0. The Hall–Kier alpha value is -6.13. The van der Waals surface area contributed by atoms with Gasteiger partial charge >= 0.3 is 0 Å². The van der Waals surface area contributed by atoms with Crippen LogP contribution in [0.3, 0.4) is 0 Å². The Kier molecular flexibility index (Phi) is 5.78. The van der Waals surface area contributed by atoms with Crippen molar-refractivity contribution in [3.8, 4) is 45.3 Å². The molecule has 45 heavy (non-hydrogen) atoms. The molecule has 0 saturated heterocycles. The molecule has 0 N–H and O–H groups in total. The van der Waals surface area contributed by atoms with Gasteiger partial charge in [-0.1, -0.05) is 127 Å². The molecule has 4 heteroatoms. The molecule has 0 aliphatic rings. The lowest BCUT2D eigenvalue weighted by Crippen LogP contribution is -2.00. The zero-order valence-corrected chi connectivity index (χ0v) is 24.2. The summed E-state index contributed by atoms with van der Waals surface area (Å²) in [5.41, 5.74) is 6.95. The average Bonchev–Trinajstić information content (AvgIpc) is 3.48. The molecule has 0 aliphatic carbocycles. The van der Waals surface area contributed by atoms with E-state index in [2.05, 4.69) is 109 Å². The van der Waals surface area contributed by atoms with E-state index >= 15 is 0 Å². The average molecular weight is 576 g/mol. The number of para-hydroxylation sites is 1. The number of furan rings is 1. The van der Waals surface area contributed by atoms with Gasteiger partial charge in [-0.05, 0) is 56.9 Å². The van der Waals surface area contributed by atoms with Crippen molar-refractivity contribution < 1.29 is 4.42 Å². The van der Waals surface area contributed by atoms with Crippen LogP contribution in [0.2, 0.25) is 0 Å². The summed E-state index contributed by atoms with van der Waals surface area (Å²) < 4.78 is 6.16. The molecule has 0 bridgehead atoms. The molecule has 0 spiro atoms. The first-order valence-corrected chi connectivity index (χ1v) is 15.0. The maximum absolute atomic E-state index is 6.16. The van der Waals surface area contributed by atoms with Gasteiger partial charge in [-0.2, -0.15) is 0 Å². The maximum atomic E-state index is 6.16. The van der Waals surface area contributed by atoms with Crippen molar-refractivity contribution in [2.24, 2.45) is 0 Å². The van der Waals surface area contributed by atoms with Crippen LogP contribution >= 0.6 is 0 Å². The molecule has 0 saturated carbocycles. The lowest BCUT2D eigenvalue weighted by Gasteiger charge is -2.11. The van der Waals surface area contributed by atoms with Crippen LogP contribution in [0.15, 0.2) is 156 Å². The van der Waals surface area contributed by atoms with Crippen LogP contribution in [0.25, 0.3) is 88.8 Å². The van der Waals surface area contributed by atoms with Crippen LogP contribution in [0.5, 0.6) is 0 Å². The Labute approximate surface area is 259 Å². The van der Waals surface area contributed by atoms with Gasteiger partial charge in [0.05, 0.1) is 0 Å². The minimum absolute atomic E-state index is 0.642. The summed E-state index contributed by atoms with van der Waals surface area (Å²) in [6.45, 7) is 0. The van der Waals surface area contributed by atoms with Crippen LogP contribution in [0.1, 0.15) is 0 Å². The number of aromatic nitrogens is 3. The van der Waals surface area contributed by atoms with Gasteiger partial charge in [0.2, 0.25) is 0 Å². The van der Waals surface area contributed by atoms with Crippen molar-refractivity contribution in [1.29, 1.82) is 0 Å². The number of fused-ring (bicyclic) bond motifs is 5. The van der Waals surface area contributed by atoms with Crippen molar-refractivity contribution in [2.45, 2.75) is 0 Å². The molecule has 0 radical (unpaired) electrons. The molecular weight excluding hydrogens is 550 g/mol. The minimum Gasteiger partial charge on any atom is -0.456 e. The second kappa shape index (κ2) is 10.2. The zero-order valence-electron chi connectivity index (χ0n) is 24.2. The molecule has 0 atom stereocenters. The van der Waals surface area contributed by atoms with Gasteiger partial charge < -0.3 is 4.42 Å². The number of hydrogen-bond acceptors (Lipinski definition) is 4. The van der Waals surface area contributed by atoms with Crippen LogP contribution in [-0.4, -0.2) is 15.0 Å². The smallest absolute Gasteiger partial charge is 0.164 e. The van der Waals surface area contributed by atoms with E-state index in [9.17, 15) is 0 Å². The molecule has 0 aliphatic heterocycles. The monoisotopic (exact) mass is 575 g/mol. The number of nitrogens with zero attached hydrogens (tertiary/aromatic N) is 3. The Morgan fingerprint density at radius 3 is 1.78 bits per heavy atom. The molecule has 9 aromatic rings. The minimum atomic E-state index is 0.642. The summed E-state index contributed by atoms with van der Waals surface area (Å²) in [6, 6.07) is 52.3. The quantitative estimate of drug-likeness (QED) is 0.209. The molecule has 0 amide bonds. The predicted molar refractivity (Wildman–Crippen MR) is 184 cm³/mol. The first-order valence-electron chi connectivity index (χ1n) is 15.0. The normalized spacial score (nSPS) is 11.6. The van der Waals surface area contributed by atoms with Gasteiger partial charge in [-0.15, -0.1) is 0 Å². The Morgan fingerprint density at radius 2 is 0.956 bits per heavy atom. The van der Waals surface area contributed by atoms with Gasteiger partial charge in [0.1, 0.15) is 11.2 Å². The van der Waals surface area contributed by atoms with E-state index in [1.54, 1.807) is 0 Å². The summed E-state index contributed by atoms with van der Waals surface area (Å²) in [4.78, 5) is 14.8. The Balaban J connectivity index is 1.16. The first-order chi connectivity index (χ1) is 22.3. The third kappa shape index (κ3) is 4.43. The van der Waals surface area contributed by atoms with Gasteiger partial charge in [0.15, 0.2) is 17.5 Å².